The maximum Gasteiger partial charge on any atom is 0.254 e. The molecule has 0 atom stereocenters. The lowest BCUT2D eigenvalue weighted by molar-refractivity contribution is 0.0332. The summed E-state index contributed by atoms with van der Waals surface area (Å²) in [5, 5.41) is 0. The topological polar surface area (TPSA) is 48.9 Å². The first-order chi connectivity index (χ1) is 13.3. The molecule has 3 aliphatic heterocycles. The van der Waals surface area contributed by atoms with Crippen LogP contribution in [-0.4, -0.2) is 79.7 Å². The molecular formula is C21H32N4O2. The first-order valence-electron chi connectivity index (χ1n) is 10.6. The number of aromatic nitrogens is 1. The Morgan fingerprint density at radius 1 is 1.07 bits per heavy atom. The number of pyridine rings is 1. The van der Waals surface area contributed by atoms with E-state index in [-0.39, 0.29) is 5.91 Å². The summed E-state index contributed by atoms with van der Waals surface area (Å²) < 4.78 is 5.42. The van der Waals surface area contributed by atoms with E-state index >= 15 is 0 Å². The van der Waals surface area contributed by atoms with Gasteiger partial charge in [0, 0.05) is 51.0 Å². The third-order valence-electron chi connectivity index (χ3n) is 6.28. The van der Waals surface area contributed by atoms with Crippen LogP contribution in [0.2, 0.25) is 0 Å². The van der Waals surface area contributed by atoms with Crippen molar-refractivity contribution >= 4 is 11.7 Å². The summed E-state index contributed by atoms with van der Waals surface area (Å²) in [5.41, 5.74) is 0.790. The Hall–Kier alpha value is -1.66. The highest BCUT2D eigenvalue weighted by atomic mass is 16.5. The number of rotatable bonds is 5. The second kappa shape index (κ2) is 9.02. The Kier molecular flexibility index (Phi) is 6.24. The summed E-state index contributed by atoms with van der Waals surface area (Å²) in [7, 11) is 0. The fraction of sp³-hybridized carbons (Fsp3) is 0.714. The molecule has 0 N–H and O–H groups in total. The second-order valence-corrected chi connectivity index (χ2v) is 8.08. The number of likely N-dealkylation sites (tertiary alicyclic amines) is 1. The van der Waals surface area contributed by atoms with Gasteiger partial charge in [-0.2, -0.15) is 0 Å². The Morgan fingerprint density at radius 2 is 1.81 bits per heavy atom. The predicted molar refractivity (Wildman–Crippen MR) is 106 cm³/mol. The van der Waals surface area contributed by atoms with Crippen molar-refractivity contribution in [2.24, 2.45) is 5.92 Å². The number of carbonyl (C=O) groups is 1. The number of amides is 1. The van der Waals surface area contributed by atoms with Crippen LogP contribution in [0.4, 0.5) is 5.82 Å². The Labute approximate surface area is 162 Å². The van der Waals surface area contributed by atoms with Crippen molar-refractivity contribution in [1.29, 1.82) is 0 Å². The number of piperidine rings is 1. The van der Waals surface area contributed by atoms with E-state index in [0.29, 0.717) is 0 Å². The number of hydrogen-bond acceptors (Lipinski definition) is 5. The summed E-state index contributed by atoms with van der Waals surface area (Å²) in [5.74, 6) is 1.87. The molecule has 148 valence electrons. The molecule has 0 saturated carbocycles. The summed E-state index contributed by atoms with van der Waals surface area (Å²) in [4.78, 5) is 24.2. The summed E-state index contributed by atoms with van der Waals surface area (Å²) in [6, 6.07) is 3.85. The molecule has 0 radical (unpaired) electrons. The van der Waals surface area contributed by atoms with E-state index in [1.165, 1.54) is 25.8 Å². The molecule has 0 unspecified atom stereocenters. The lowest BCUT2D eigenvalue weighted by Crippen LogP contribution is -2.40. The number of anilines is 1. The number of hydrogen-bond donors (Lipinski definition) is 0. The molecule has 0 aromatic carbocycles. The van der Waals surface area contributed by atoms with Crippen molar-refractivity contribution in [1.82, 2.24) is 14.8 Å². The Bertz CT molecular complexity index is 618. The minimum atomic E-state index is 0.171. The van der Waals surface area contributed by atoms with Crippen LogP contribution in [0, 0.1) is 5.92 Å². The normalized spacial score (nSPS) is 22.4. The van der Waals surface area contributed by atoms with Gasteiger partial charge in [-0.15, -0.1) is 0 Å². The average molecular weight is 373 g/mol. The fourth-order valence-corrected chi connectivity index (χ4v) is 4.47. The van der Waals surface area contributed by atoms with Gasteiger partial charge < -0.3 is 14.5 Å². The van der Waals surface area contributed by atoms with Gasteiger partial charge in [-0.1, -0.05) is 0 Å². The fourth-order valence-electron chi connectivity index (χ4n) is 4.47. The molecule has 3 saturated heterocycles. The van der Waals surface area contributed by atoms with E-state index in [0.717, 1.165) is 82.6 Å². The molecule has 1 aromatic rings. The van der Waals surface area contributed by atoms with E-state index in [1.54, 1.807) is 6.20 Å². The van der Waals surface area contributed by atoms with E-state index in [2.05, 4.69) is 14.8 Å². The number of nitrogens with zero attached hydrogens (tertiary/aromatic N) is 4. The van der Waals surface area contributed by atoms with Gasteiger partial charge in [0.25, 0.3) is 5.91 Å². The third kappa shape index (κ3) is 4.79. The van der Waals surface area contributed by atoms with E-state index in [1.807, 2.05) is 17.0 Å². The molecule has 0 aliphatic carbocycles. The van der Waals surface area contributed by atoms with E-state index < -0.39 is 0 Å². The van der Waals surface area contributed by atoms with Crippen LogP contribution in [0.5, 0.6) is 0 Å². The zero-order valence-corrected chi connectivity index (χ0v) is 16.3. The lowest BCUT2D eigenvalue weighted by Gasteiger charge is -2.34. The van der Waals surface area contributed by atoms with Crippen LogP contribution in [-0.2, 0) is 4.74 Å². The maximum absolute atomic E-state index is 12.9. The Morgan fingerprint density at radius 3 is 2.56 bits per heavy atom. The first kappa shape index (κ1) is 18.7. The van der Waals surface area contributed by atoms with Gasteiger partial charge in [0.2, 0.25) is 0 Å². The summed E-state index contributed by atoms with van der Waals surface area (Å²) in [6.07, 6.45) is 7.72. The smallest absolute Gasteiger partial charge is 0.254 e. The molecule has 1 aromatic heterocycles. The third-order valence-corrected chi connectivity index (χ3v) is 6.28. The molecule has 1 amide bonds. The lowest BCUT2D eigenvalue weighted by atomic mass is 9.93. The van der Waals surface area contributed by atoms with Crippen LogP contribution < -0.4 is 4.90 Å². The van der Waals surface area contributed by atoms with Crippen LogP contribution in [0.1, 0.15) is 42.5 Å². The minimum absolute atomic E-state index is 0.171. The molecule has 0 bridgehead atoms. The molecule has 0 spiro atoms. The van der Waals surface area contributed by atoms with Crippen molar-refractivity contribution in [3.63, 3.8) is 0 Å². The molecule has 6 heteroatoms. The van der Waals surface area contributed by atoms with Crippen LogP contribution >= 0.6 is 0 Å². The molecule has 4 rings (SSSR count). The van der Waals surface area contributed by atoms with Gasteiger partial charge in [0.1, 0.15) is 5.82 Å². The highest BCUT2D eigenvalue weighted by Gasteiger charge is 2.25. The van der Waals surface area contributed by atoms with Gasteiger partial charge in [0.05, 0.1) is 13.2 Å². The van der Waals surface area contributed by atoms with Crippen molar-refractivity contribution in [2.75, 3.05) is 63.9 Å². The largest absolute Gasteiger partial charge is 0.379 e. The molecule has 4 heterocycles. The van der Waals surface area contributed by atoms with E-state index in [9.17, 15) is 4.79 Å². The first-order valence-corrected chi connectivity index (χ1v) is 10.6. The van der Waals surface area contributed by atoms with Gasteiger partial charge in [-0.3, -0.25) is 9.69 Å². The van der Waals surface area contributed by atoms with Gasteiger partial charge in [-0.05, 0) is 56.7 Å². The molecule has 3 aliphatic rings. The second-order valence-electron chi connectivity index (χ2n) is 8.08. The highest BCUT2D eigenvalue weighted by molar-refractivity contribution is 5.94. The van der Waals surface area contributed by atoms with Crippen molar-refractivity contribution < 1.29 is 9.53 Å². The average Bonchev–Trinajstić information content (AvgIpc) is 3.28. The SMILES string of the molecule is O=C(c1ccnc(N2CCCC2)c1)N1CCC(CCN2CCOCC2)CC1. The van der Waals surface area contributed by atoms with Crippen LogP contribution in [0.3, 0.4) is 0 Å². The zero-order valence-electron chi connectivity index (χ0n) is 16.3. The van der Waals surface area contributed by atoms with Crippen molar-refractivity contribution in [3.8, 4) is 0 Å². The van der Waals surface area contributed by atoms with Gasteiger partial charge in [-0.25, -0.2) is 4.98 Å². The van der Waals surface area contributed by atoms with Crippen molar-refractivity contribution in [2.45, 2.75) is 32.1 Å². The maximum atomic E-state index is 12.9. The zero-order chi connectivity index (χ0) is 18.5. The number of carbonyl (C=O) groups excluding carboxylic acids is 1. The highest BCUT2D eigenvalue weighted by Crippen LogP contribution is 2.24. The molecule has 3 fully saturated rings. The number of ether oxygens (including phenoxy) is 1. The van der Waals surface area contributed by atoms with Crippen LogP contribution in [0.15, 0.2) is 18.3 Å². The molecule has 6 nitrogen and oxygen atoms in total. The van der Waals surface area contributed by atoms with Crippen LogP contribution in [0.25, 0.3) is 0 Å². The summed E-state index contributed by atoms with van der Waals surface area (Å²) in [6.45, 7) is 8.93. The van der Waals surface area contributed by atoms with Crippen molar-refractivity contribution in [3.05, 3.63) is 23.9 Å². The Balaban J connectivity index is 1.26. The quantitative estimate of drug-likeness (QED) is 0.793. The molecular weight excluding hydrogens is 340 g/mol. The standard InChI is InChI=1S/C21H32N4O2/c26-21(19-3-7-22-20(17-19)24-8-1-2-9-24)25-11-5-18(6-12-25)4-10-23-13-15-27-16-14-23/h3,7,17-18H,1-2,4-6,8-16H2. The number of morpholine rings is 1. The van der Waals surface area contributed by atoms with Gasteiger partial charge >= 0.3 is 0 Å². The minimum Gasteiger partial charge on any atom is -0.379 e. The predicted octanol–water partition coefficient (Wildman–Crippen LogP) is 2.26. The molecule has 27 heavy (non-hydrogen) atoms. The summed E-state index contributed by atoms with van der Waals surface area (Å²) >= 11 is 0. The monoisotopic (exact) mass is 372 g/mol. The van der Waals surface area contributed by atoms with Gasteiger partial charge in [0.15, 0.2) is 0 Å². The van der Waals surface area contributed by atoms with E-state index in [4.69, 9.17) is 4.74 Å².